The minimum Gasteiger partial charge on any atom is -0.207 e. The highest BCUT2D eigenvalue weighted by Crippen LogP contribution is 2.21. The van der Waals surface area contributed by atoms with Crippen LogP contribution in [0.25, 0.3) is 0 Å². The molecule has 0 fully saturated rings. The Labute approximate surface area is 132 Å². The normalized spacial score (nSPS) is 11.3. The summed E-state index contributed by atoms with van der Waals surface area (Å²) in [6.07, 6.45) is 0. The smallest absolute Gasteiger partial charge is 0.207 e. The van der Waals surface area contributed by atoms with E-state index in [-0.39, 0.29) is 17.0 Å². The maximum absolute atomic E-state index is 12.6. The molecule has 0 saturated carbocycles. The van der Waals surface area contributed by atoms with Gasteiger partial charge < -0.3 is 0 Å². The average molecular weight is 365 g/mol. The van der Waals surface area contributed by atoms with Gasteiger partial charge in [-0.3, -0.25) is 0 Å². The van der Waals surface area contributed by atoms with Crippen LogP contribution in [0.15, 0.2) is 57.9 Å². The van der Waals surface area contributed by atoms with Gasteiger partial charge in [0, 0.05) is 18.1 Å². The van der Waals surface area contributed by atoms with Crippen LogP contribution in [0.3, 0.4) is 0 Å². The lowest BCUT2D eigenvalue weighted by molar-refractivity contribution is 0.466. The molecule has 0 saturated heterocycles. The number of nitriles is 1. The molecule has 0 bridgehead atoms. The molecule has 0 spiro atoms. The Hall–Kier alpha value is -1.68. The zero-order chi connectivity index (χ0) is 15.5. The molecule has 0 heterocycles. The van der Waals surface area contributed by atoms with E-state index in [9.17, 15) is 8.42 Å². The molecule has 0 aliphatic rings. The monoisotopic (exact) mass is 364 g/mol. The van der Waals surface area contributed by atoms with Gasteiger partial charge in [-0.05, 0) is 29.8 Å². The Bertz CT molecular complexity index is 797. The lowest BCUT2D eigenvalue weighted by Gasteiger charge is -2.18. The molecule has 0 N–H and O–H groups in total. The van der Waals surface area contributed by atoms with E-state index in [1.807, 2.05) is 30.3 Å². The lowest BCUT2D eigenvalue weighted by atomic mass is 10.2. The Balaban J connectivity index is 2.33. The number of halogens is 1. The van der Waals surface area contributed by atoms with E-state index in [1.54, 1.807) is 12.1 Å². The van der Waals surface area contributed by atoms with Gasteiger partial charge in [-0.25, -0.2) is 8.42 Å². The fourth-order valence-electron chi connectivity index (χ4n) is 1.93. The molecule has 0 amide bonds. The maximum Gasteiger partial charge on any atom is 0.244 e. The van der Waals surface area contributed by atoms with Crippen LogP contribution in [-0.4, -0.2) is 19.8 Å². The van der Waals surface area contributed by atoms with Crippen LogP contribution in [0, 0.1) is 11.3 Å². The van der Waals surface area contributed by atoms with Crippen LogP contribution in [-0.2, 0) is 16.6 Å². The molecule has 0 aliphatic carbocycles. The summed E-state index contributed by atoms with van der Waals surface area (Å²) in [6, 6.07) is 15.6. The van der Waals surface area contributed by atoms with Crippen LogP contribution in [0.2, 0.25) is 0 Å². The van der Waals surface area contributed by atoms with E-state index in [4.69, 9.17) is 5.26 Å². The molecule has 0 aromatic heterocycles. The first kappa shape index (κ1) is 15.7. The molecule has 0 radical (unpaired) electrons. The number of hydrogen-bond donors (Lipinski definition) is 0. The van der Waals surface area contributed by atoms with Gasteiger partial charge in [0.25, 0.3) is 0 Å². The summed E-state index contributed by atoms with van der Waals surface area (Å²) in [5, 5.41) is 9.05. The molecule has 2 aromatic rings. The van der Waals surface area contributed by atoms with Crippen LogP contribution < -0.4 is 0 Å². The fraction of sp³-hybridized carbons (Fsp3) is 0.133. The van der Waals surface area contributed by atoms with Gasteiger partial charge in [-0.15, -0.1) is 0 Å². The van der Waals surface area contributed by atoms with Crippen molar-refractivity contribution >= 4 is 26.0 Å². The highest BCUT2D eigenvalue weighted by Gasteiger charge is 2.23. The second-order valence-electron chi connectivity index (χ2n) is 4.50. The minimum absolute atomic E-state index is 0.0324. The van der Waals surface area contributed by atoms with Crippen LogP contribution >= 0.6 is 15.9 Å². The Morgan fingerprint density at radius 2 is 1.90 bits per heavy atom. The van der Waals surface area contributed by atoms with Gasteiger partial charge in [-0.1, -0.05) is 40.2 Å². The SMILES string of the molecule is CN(Cc1cccc(Br)c1)S(=O)(=O)c1ccccc1C#N. The van der Waals surface area contributed by atoms with Crippen molar-refractivity contribution in [1.82, 2.24) is 4.31 Å². The predicted octanol–water partition coefficient (Wildman–Crippen LogP) is 3.14. The summed E-state index contributed by atoms with van der Waals surface area (Å²) in [5.74, 6) is 0. The molecular weight excluding hydrogens is 352 g/mol. The Morgan fingerprint density at radius 1 is 1.19 bits per heavy atom. The second kappa shape index (κ2) is 6.39. The first-order valence-electron chi connectivity index (χ1n) is 6.15. The topological polar surface area (TPSA) is 61.2 Å². The molecular formula is C15H13BrN2O2S. The van der Waals surface area contributed by atoms with Gasteiger partial charge in [0.15, 0.2) is 0 Å². The van der Waals surface area contributed by atoms with Gasteiger partial charge in [-0.2, -0.15) is 9.57 Å². The van der Waals surface area contributed by atoms with Crippen LogP contribution in [0.4, 0.5) is 0 Å². The quantitative estimate of drug-likeness (QED) is 0.836. The van der Waals surface area contributed by atoms with E-state index in [0.29, 0.717) is 0 Å². The zero-order valence-corrected chi connectivity index (χ0v) is 13.7. The standard InChI is InChI=1S/C15H13BrN2O2S/c1-18(11-12-5-4-7-14(16)9-12)21(19,20)15-8-3-2-6-13(15)10-17/h2-9H,11H2,1H3. The Kier molecular flexibility index (Phi) is 4.78. The lowest BCUT2D eigenvalue weighted by Crippen LogP contribution is -2.27. The summed E-state index contributed by atoms with van der Waals surface area (Å²) < 4.78 is 27.3. The molecule has 0 unspecified atom stereocenters. The molecule has 2 aromatic carbocycles. The maximum atomic E-state index is 12.6. The van der Waals surface area contributed by atoms with Crippen molar-refractivity contribution in [3.63, 3.8) is 0 Å². The van der Waals surface area contributed by atoms with Crippen molar-refractivity contribution in [2.24, 2.45) is 0 Å². The molecule has 4 nitrogen and oxygen atoms in total. The number of nitrogens with zero attached hydrogens (tertiary/aromatic N) is 2. The van der Waals surface area contributed by atoms with Gasteiger partial charge in [0.05, 0.1) is 10.5 Å². The van der Waals surface area contributed by atoms with E-state index in [2.05, 4.69) is 15.9 Å². The van der Waals surface area contributed by atoms with E-state index in [0.717, 1.165) is 10.0 Å². The zero-order valence-electron chi connectivity index (χ0n) is 11.3. The highest BCUT2D eigenvalue weighted by molar-refractivity contribution is 9.10. The molecule has 21 heavy (non-hydrogen) atoms. The third kappa shape index (κ3) is 3.50. The average Bonchev–Trinajstić information content (AvgIpc) is 2.47. The van der Waals surface area contributed by atoms with E-state index in [1.165, 1.54) is 23.5 Å². The van der Waals surface area contributed by atoms with E-state index >= 15 is 0 Å². The molecule has 0 atom stereocenters. The van der Waals surface area contributed by atoms with Crippen molar-refractivity contribution in [3.8, 4) is 6.07 Å². The number of hydrogen-bond acceptors (Lipinski definition) is 3. The molecule has 6 heteroatoms. The minimum atomic E-state index is -3.70. The molecule has 108 valence electrons. The number of rotatable bonds is 4. The fourth-order valence-corrected chi connectivity index (χ4v) is 3.67. The second-order valence-corrected chi connectivity index (χ2v) is 7.43. The third-order valence-electron chi connectivity index (χ3n) is 2.99. The third-order valence-corrected chi connectivity index (χ3v) is 5.34. The van der Waals surface area contributed by atoms with Crippen molar-refractivity contribution in [3.05, 3.63) is 64.1 Å². The first-order chi connectivity index (χ1) is 9.95. The van der Waals surface area contributed by atoms with Crippen LogP contribution in [0.1, 0.15) is 11.1 Å². The van der Waals surface area contributed by atoms with Crippen molar-refractivity contribution in [2.45, 2.75) is 11.4 Å². The summed E-state index contributed by atoms with van der Waals surface area (Å²) >= 11 is 3.36. The van der Waals surface area contributed by atoms with Crippen molar-refractivity contribution in [1.29, 1.82) is 5.26 Å². The summed E-state index contributed by atoms with van der Waals surface area (Å²) in [4.78, 5) is 0.0324. The summed E-state index contributed by atoms with van der Waals surface area (Å²) in [6.45, 7) is 0.238. The van der Waals surface area contributed by atoms with Crippen molar-refractivity contribution in [2.75, 3.05) is 7.05 Å². The van der Waals surface area contributed by atoms with Gasteiger partial charge in [0.1, 0.15) is 6.07 Å². The Morgan fingerprint density at radius 3 is 2.57 bits per heavy atom. The summed E-state index contributed by atoms with van der Waals surface area (Å²) in [5.41, 5.74) is 1.02. The highest BCUT2D eigenvalue weighted by atomic mass is 79.9. The van der Waals surface area contributed by atoms with Crippen molar-refractivity contribution < 1.29 is 8.42 Å². The largest absolute Gasteiger partial charge is 0.244 e. The van der Waals surface area contributed by atoms with E-state index < -0.39 is 10.0 Å². The predicted molar refractivity (Wildman–Crippen MR) is 84.0 cm³/mol. The number of sulfonamides is 1. The summed E-state index contributed by atoms with van der Waals surface area (Å²) in [7, 11) is -2.19. The first-order valence-corrected chi connectivity index (χ1v) is 8.38. The van der Waals surface area contributed by atoms with Crippen LogP contribution in [0.5, 0.6) is 0 Å². The van der Waals surface area contributed by atoms with Gasteiger partial charge in [0.2, 0.25) is 10.0 Å². The number of benzene rings is 2. The molecule has 2 rings (SSSR count). The molecule has 0 aliphatic heterocycles. The van der Waals surface area contributed by atoms with Gasteiger partial charge >= 0.3 is 0 Å².